The summed E-state index contributed by atoms with van der Waals surface area (Å²) in [6.45, 7) is 0. The topological polar surface area (TPSA) is 102 Å². The monoisotopic (exact) mass is 321 g/mol. The van der Waals surface area contributed by atoms with Crippen molar-refractivity contribution in [2.24, 2.45) is 0 Å². The van der Waals surface area contributed by atoms with Crippen LogP contribution in [0.3, 0.4) is 0 Å². The van der Waals surface area contributed by atoms with Gasteiger partial charge in [0.1, 0.15) is 4.90 Å². The van der Waals surface area contributed by atoms with Crippen molar-refractivity contribution in [1.82, 2.24) is 13.9 Å². The third-order valence-corrected chi connectivity index (χ3v) is 4.68. The maximum atomic E-state index is 13.3. The lowest BCUT2D eigenvalue weighted by Crippen LogP contribution is -2.35. The van der Waals surface area contributed by atoms with E-state index in [1.807, 2.05) is 0 Å². The van der Waals surface area contributed by atoms with E-state index >= 15 is 0 Å². The number of benzene rings is 1. The quantitative estimate of drug-likeness (QED) is 0.739. The van der Waals surface area contributed by atoms with E-state index in [4.69, 9.17) is 0 Å². The Bertz CT molecular complexity index is 1100. The third-order valence-electron chi connectivity index (χ3n) is 3.00. The highest BCUT2D eigenvalue weighted by Gasteiger charge is 2.23. The number of aromatic amines is 1. The molecule has 0 radical (unpaired) electrons. The van der Waals surface area contributed by atoms with Crippen molar-refractivity contribution in [3.05, 3.63) is 69.4 Å². The van der Waals surface area contributed by atoms with Crippen LogP contribution in [0, 0.1) is 5.82 Å². The Morgan fingerprint density at radius 3 is 2.64 bits per heavy atom. The van der Waals surface area contributed by atoms with Crippen molar-refractivity contribution in [2.45, 2.75) is 4.90 Å². The molecule has 0 saturated carbocycles. The number of halogens is 1. The van der Waals surface area contributed by atoms with E-state index in [1.54, 1.807) is 23.2 Å². The predicted molar refractivity (Wildman–Crippen MR) is 75.6 cm³/mol. The maximum Gasteiger partial charge on any atom is 0.342 e. The first kappa shape index (κ1) is 14.1. The van der Waals surface area contributed by atoms with Crippen LogP contribution in [0.15, 0.2) is 57.2 Å². The van der Waals surface area contributed by atoms with Crippen LogP contribution in [0.2, 0.25) is 0 Å². The first-order valence-corrected chi connectivity index (χ1v) is 7.46. The zero-order valence-electron chi connectivity index (χ0n) is 10.9. The fraction of sp³-hybridized carbons (Fsp3) is 0. The number of nitrogens with one attached hydrogen (secondary N) is 1. The Hall–Kier alpha value is -2.81. The molecule has 1 N–H and O–H groups in total. The van der Waals surface area contributed by atoms with E-state index in [0.717, 1.165) is 0 Å². The molecule has 0 aliphatic carbocycles. The molecule has 2 aromatic heterocycles. The Kier molecular flexibility index (Phi) is 3.14. The highest BCUT2D eigenvalue weighted by molar-refractivity contribution is 7.90. The van der Waals surface area contributed by atoms with E-state index < -0.39 is 27.1 Å². The number of aromatic nitrogens is 3. The number of rotatable bonds is 2. The van der Waals surface area contributed by atoms with Crippen molar-refractivity contribution in [2.75, 3.05) is 0 Å². The standard InChI is InChI=1S/C13H8FN3O4S/c14-9-7-17(13(19)16-12(9)18)22(20,21)10-5-1-3-8-4-2-6-15-11(8)10/h1-7H,(H,16,18,19). The molecule has 0 aliphatic rings. The summed E-state index contributed by atoms with van der Waals surface area (Å²) in [4.78, 5) is 28.0. The summed E-state index contributed by atoms with van der Waals surface area (Å²) in [6.07, 6.45) is 1.75. The van der Waals surface area contributed by atoms with Gasteiger partial charge in [-0.25, -0.2) is 13.2 Å². The Balaban J connectivity index is 2.37. The van der Waals surface area contributed by atoms with Crippen LogP contribution >= 0.6 is 0 Å². The van der Waals surface area contributed by atoms with Gasteiger partial charge in [-0.1, -0.05) is 18.2 Å². The highest BCUT2D eigenvalue weighted by atomic mass is 32.2. The fourth-order valence-corrected chi connectivity index (χ4v) is 3.37. The van der Waals surface area contributed by atoms with Gasteiger partial charge in [0.05, 0.1) is 11.7 Å². The van der Waals surface area contributed by atoms with Gasteiger partial charge in [0.25, 0.3) is 15.6 Å². The normalized spacial score (nSPS) is 11.7. The largest absolute Gasteiger partial charge is 0.342 e. The Labute approximate surface area is 122 Å². The summed E-state index contributed by atoms with van der Waals surface area (Å²) in [7, 11) is -4.40. The van der Waals surface area contributed by atoms with E-state index in [0.29, 0.717) is 11.6 Å². The van der Waals surface area contributed by atoms with E-state index in [1.165, 1.54) is 18.3 Å². The molecule has 0 fully saturated rings. The molecule has 7 nitrogen and oxygen atoms in total. The van der Waals surface area contributed by atoms with Crippen LogP contribution in [-0.2, 0) is 10.0 Å². The van der Waals surface area contributed by atoms with Crippen LogP contribution in [0.1, 0.15) is 0 Å². The molecule has 9 heteroatoms. The molecule has 0 aliphatic heterocycles. The van der Waals surface area contributed by atoms with E-state index in [-0.39, 0.29) is 14.4 Å². The summed E-state index contributed by atoms with van der Waals surface area (Å²) in [6, 6.07) is 7.66. The Morgan fingerprint density at radius 2 is 1.86 bits per heavy atom. The number of pyridine rings is 1. The van der Waals surface area contributed by atoms with Gasteiger partial charge in [-0.15, -0.1) is 0 Å². The SMILES string of the molecule is O=c1[nH]c(=O)n(S(=O)(=O)c2cccc3cccnc23)cc1F. The number of para-hydroxylation sites is 1. The van der Waals surface area contributed by atoms with Crippen molar-refractivity contribution >= 4 is 20.9 Å². The lowest BCUT2D eigenvalue weighted by molar-refractivity contribution is 0.565. The molecule has 0 bridgehead atoms. The maximum absolute atomic E-state index is 13.3. The summed E-state index contributed by atoms with van der Waals surface area (Å²) < 4.78 is 38.6. The van der Waals surface area contributed by atoms with Gasteiger partial charge < -0.3 is 0 Å². The molecule has 0 spiro atoms. The summed E-state index contributed by atoms with van der Waals surface area (Å²) >= 11 is 0. The van der Waals surface area contributed by atoms with Gasteiger partial charge >= 0.3 is 5.69 Å². The second kappa shape index (κ2) is 4.88. The molecular formula is C13H8FN3O4S. The minimum absolute atomic E-state index is 0.142. The molecule has 22 heavy (non-hydrogen) atoms. The predicted octanol–water partition coefficient (Wildman–Crippen LogP) is 0.461. The Morgan fingerprint density at radius 1 is 1.14 bits per heavy atom. The molecule has 112 valence electrons. The molecule has 0 atom stereocenters. The molecule has 3 rings (SSSR count). The van der Waals surface area contributed by atoms with E-state index in [2.05, 4.69) is 4.98 Å². The molecule has 1 aromatic carbocycles. The van der Waals surface area contributed by atoms with Crippen LogP contribution in [-0.4, -0.2) is 22.4 Å². The van der Waals surface area contributed by atoms with Crippen LogP contribution in [0.25, 0.3) is 10.9 Å². The van der Waals surface area contributed by atoms with Crippen molar-refractivity contribution < 1.29 is 12.8 Å². The minimum Gasteiger partial charge on any atom is -0.271 e. The number of fused-ring (bicyclic) bond motifs is 1. The lowest BCUT2D eigenvalue weighted by atomic mass is 10.2. The summed E-state index contributed by atoms with van der Waals surface area (Å²) in [5.74, 6) is -1.38. The second-order valence-corrected chi connectivity index (χ2v) is 6.15. The van der Waals surface area contributed by atoms with E-state index in [9.17, 15) is 22.4 Å². The van der Waals surface area contributed by atoms with Crippen molar-refractivity contribution in [1.29, 1.82) is 0 Å². The molecule has 2 heterocycles. The van der Waals surface area contributed by atoms with Crippen LogP contribution < -0.4 is 11.2 Å². The summed E-state index contributed by atoms with van der Waals surface area (Å²) in [5, 5.41) is 0.543. The zero-order chi connectivity index (χ0) is 15.9. The molecular weight excluding hydrogens is 313 g/mol. The van der Waals surface area contributed by atoms with Crippen molar-refractivity contribution in [3.8, 4) is 0 Å². The van der Waals surface area contributed by atoms with Gasteiger partial charge in [-0.05, 0) is 12.1 Å². The average Bonchev–Trinajstić information content (AvgIpc) is 2.50. The van der Waals surface area contributed by atoms with Crippen LogP contribution in [0.5, 0.6) is 0 Å². The van der Waals surface area contributed by atoms with Gasteiger partial charge in [0.2, 0.25) is 5.82 Å². The second-order valence-electron chi connectivity index (χ2n) is 4.37. The van der Waals surface area contributed by atoms with Gasteiger partial charge in [-0.2, -0.15) is 8.36 Å². The number of hydrogen-bond donors (Lipinski definition) is 1. The molecule has 0 saturated heterocycles. The molecule has 0 unspecified atom stereocenters. The van der Waals surface area contributed by atoms with Crippen LogP contribution in [0.4, 0.5) is 4.39 Å². The first-order chi connectivity index (χ1) is 10.4. The number of nitrogens with zero attached hydrogens (tertiary/aromatic N) is 2. The molecule has 0 amide bonds. The third kappa shape index (κ3) is 2.11. The highest BCUT2D eigenvalue weighted by Crippen LogP contribution is 2.21. The molecule has 3 aromatic rings. The zero-order valence-corrected chi connectivity index (χ0v) is 11.7. The van der Waals surface area contributed by atoms with Gasteiger partial charge in [0.15, 0.2) is 0 Å². The van der Waals surface area contributed by atoms with Gasteiger partial charge in [0, 0.05) is 11.6 Å². The van der Waals surface area contributed by atoms with Gasteiger partial charge in [-0.3, -0.25) is 14.8 Å². The number of hydrogen-bond acceptors (Lipinski definition) is 5. The average molecular weight is 321 g/mol. The van der Waals surface area contributed by atoms with Crippen molar-refractivity contribution in [3.63, 3.8) is 0 Å². The summed E-state index contributed by atoms with van der Waals surface area (Å²) in [5.41, 5.74) is -2.39. The smallest absolute Gasteiger partial charge is 0.271 e. The minimum atomic E-state index is -4.40. The lowest BCUT2D eigenvalue weighted by Gasteiger charge is -2.09. The number of H-pyrrole nitrogens is 1. The fourth-order valence-electron chi connectivity index (χ4n) is 2.00. The first-order valence-electron chi connectivity index (χ1n) is 6.02.